The highest BCUT2D eigenvalue weighted by Crippen LogP contribution is 2.34. The largest absolute Gasteiger partial charge is 0.506 e. The molecule has 0 amide bonds. The number of aromatic hydroxyl groups is 1. The first-order chi connectivity index (χ1) is 6.11. The summed E-state index contributed by atoms with van der Waals surface area (Å²) in [6, 6.07) is 3.49. The fourth-order valence-corrected chi connectivity index (χ4v) is 1.63. The third-order valence-corrected chi connectivity index (χ3v) is 2.48. The lowest BCUT2D eigenvalue weighted by Gasteiger charge is -2.08. The third kappa shape index (κ3) is 1.61. The predicted octanol–water partition coefficient (Wildman–Crippen LogP) is 2.17. The molecule has 1 rings (SSSR count). The number of rotatable bonds is 1. The molecule has 0 saturated heterocycles. The van der Waals surface area contributed by atoms with Crippen molar-refractivity contribution in [2.45, 2.75) is 13.3 Å². The van der Waals surface area contributed by atoms with Gasteiger partial charge in [-0.3, -0.25) is 0 Å². The second kappa shape index (κ2) is 3.67. The number of benzene rings is 1. The van der Waals surface area contributed by atoms with Crippen molar-refractivity contribution in [3.63, 3.8) is 0 Å². The molecule has 0 aromatic heterocycles. The minimum atomic E-state index is 0.124. The monoisotopic (exact) mass is 240 g/mol. The summed E-state index contributed by atoms with van der Waals surface area (Å²) in [6.45, 7) is 1.87. The predicted molar refractivity (Wildman–Crippen MR) is 54.3 cm³/mol. The number of phenolic OH excluding ortho intramolecular Hbond substituents is 1. The molecular formula is C9H9BrN2O. The maximum absolute atomic E-state index is 9.56. The molecule has 0 unspecified atom stereocenters. The van der Waals surface area contributed by atoms with E-state index in [4.69, 9.17) is 11.0 Å². The number of nitrogen functional groups attached to an aromatic ring is 1. The van der Waals surface area contributed by atoms with Crippen molar-refractivity contribution in [3.8, 4) is 11.8 Å². The summed E-state index contributed by atoms with van der Waals surface area (Å²) in [7, 11) is 0. The number of nitrogens with zero attached hydrogens (tertiary/aromatic N) is 1. The van der Waals surface area contributed by atoms with Gasteiger partial charge in [0.2, 0.25) is 0 Å². The van der Waals surface area contributed by atoms with Gasteiger partial charge in [0.1, 0.15) is 11.8 Å². The number of phenols is 1. The fraction of sp³-hybridized carbons (Fsp3) is 0.222. The van der Waals surface area contributed by atoms with E-state index in [-0.39, 0.29) is 5.75 Å². The molecule has 13 heavy (non-hydrogen) atoms. The molecule has 0 spiro atoms. The standard InChI is InChI=1S/C9H9BrN2O/c1-2-6-8(12)5(4-11)3-7(10)9(6)13/h3,13H,2,12H2,1H3. The second-order valence-corrected chi connectivity index (χ2v) is 3.47. The van der Waals surface area contributed by atoms with Gasteiger partial charge in [0, 0.05) is 5.56 Å². The van der Waals surface area contributed by atoms with Crippen LogP contribution < -0.4 is 5.73 Å². The molecule has 0 atom stereocenters. The molecule has 1 aromatic rings. The first kappa shape index (κ1) is 9.87. The molecule has 0 aliphatic heterocycles. The molecule has 0 aliphatic rings. The maximum atomic E-state index is 9.56. The van der Waals surface area contributed by atoms with Crippen LogP contribution in [-0.2, 0) is 6.42 Å². The first-order valence-corrected chi connectivity index (χ1v) is 4.61. The maximum Gasteiger partial charge on any atom is 0.135 e. The smallest absolute Gasteiger partial charge is 0.135 e. The van der Waals surface area contributed by atoms with E-state index < -0.39 is 0 Å². The minimum absolute atomic E-state index is 0.124. The lowest BCUT2D eigenvalue weighted by Crippen LogP contribution is -1.97. The third-order valence-electron chi connectivity index (χ3n) is 1.87. The van der Waals surface area contributed by atoms with Crippen LogP contribution in [0.25, 0.3) is 0 Å². The number of nitriles is 1. The molecule has 1 aromatic carbocycles. The molecule has 0 radical (unpaired) electrons. The van der Waals surface area contributed by atoms with Crippen LogP contribution in [0.2, 0.25) is 0 Å². The van der Waals surface area contributed by atoms with Gasteiger partial charge >= 0.3 is 0 Å². The Balaban J connectivity index is 3.50. The average Bonchev–Trinajstić information content (AvgIpc) is 2.12. The molecule has 3 nitrogen and oxygen atoms in total. The van der Waals surface area contributed by atoms with E-state index in [9.17, 15) is 5.11 Å². The van der Waals surface area contributed by atoms with Crippen molar-refractivity contribution >= 4 is 21.6 Å². The Morgan fingerprint density at radius 1 is 1.69 bits per heavy atom. The Morgan fingerprint density at radius 2 is 2.31 bits per heavy atom. The van der Waals surface area contributed by atoms with Gasteiger partial charge in [-0.05, 0) is 28.4 Å². The van der Waals surface area contributed by atoms with Crippen molar-refractivity contribution in [3.05, 3.63) is 21.7 Å². The van der Waals surface area contributed by atoms with E-state index in [1.807, 2.05) is 13.0 Å². The molecule has 3 N–H and O–H groups in total. The van der Waals surface area contributed by atoms with Gasteiger partial charge in [-0.25, -0.2) is 0 Å². The van der Waals surface area contributed by atoms with E-state index >= 15 is 0 Å². The van der Waals surface area contributed by atoms with Gasteiger partial charge < -0.3 is 10.8 Å². The Bertz CT molecular complexity index is 382. The van der Waals surface area contributed by atoms with E-state index in [1.54, 1.807) is 0 Å². The summed E-state index contributed by atoms with van der Waals surface area (Å²) in [5.41, 5.74) is 7.04. The van der Waals surface area contributed by atoms with Crippen molar-refractivity contribution in [1.82, 2.24) is 0 Å². The van der Waals surface area contributed by atoms with Gasteiger partial charge in [0.15, 0.2) is 0 Å². The Kier molecular flexibility index (Phi) is 2.79. The quantitative estimate of drug-likeness (QED) is 0.740. The van der Waals surface area contributed by atoms with Crippen molar-refractivity contribution in [1.29, 1.82) is 5.26 Å². The van der Waals surface area contributed by atoms with Gasteiger partial charge in [-0.15, -0.1) is 0 Å². The van der Waals surface area contributed by atoms with Crippen LogP contribution >= 0.6 is 15.9 Å². The number of hydrogen-bond donors (Lipinski definition) is 2. The second-order valence-electron chi connectivity index (χ2n) is 2.61. The van der Waals surface area contributed by atoms with Gasteiger partial charge in [-0.2, -0.15) is 5.26 Å². The van der Waals surface area contributed by atoms with E-state index in [0.717, 1.165) is 0 Å². The van der Waals surface area contributed by atoms with E-state index in [0.29, 0.717) is 27.7 Å². The molecule has 68 valence electrons. The van der Waals surface area contributed by atoms with Gasteiger partial charge in [0.05, 0.1) is 15.7 Å². The van der Waals surface area contributed by atoms with E-state index in [1.165, 1.54) is 6.07 Å². The molecule has 0 saturated carbocycles. The lowest BCUT2D eigenvalue weighted by molar-refractivity contribution is 0.466. The normalized spacial score (nSPS) is 9.62. The Labute approximate surface area is 84.9 Å². The van der Waals surface area contributed by atoms with Crippen LogP contribution in [0.15, 0.2) is 10.5 Å². The highest BCUT2D eigenvalue weighted by atomic mass is 79.9. The van der Waals surface area contributed by atoms with Gasteiger partial charge in [-0.1, -0.05) is 6.92 Å². The zero-order valence-corrected chi connectivity index (χ0v) is 8.72. The van der Waals surface area contributed by atoms with Crippen molar-refractivity contribution in [2.75, 3.05) is 5.73 Å². The lowest BCUT2D eigenvalue weighted by atomic mass is 10.1. The highest BCUT2D eigenvalue weighted by molar-refractivity contribution is 9.10. The summed E-state index contributed by atoms with van der Waals surface area (Å²) < 4.78 is 0.509. The number of halogens is 1. The molecule has 0 aliphatic carbocycles. The van der Waals surface area contributed by atoms with Crippen LogP contribution in [0.5, 0.6) is 5.75 Å². The summed E-state index contributed by atoms with van der Waals surface area (Å²) >= 11 is 3.16. The van der Waals surface area contributed by atoms with Crippen molar-refractivity contribution in [2.24, 2.45) is 0 Å². The first-order valence-electron chi connectivity index (χ1n) is 3.81. The molecule has 0 fully saturated rings. The van der Waals surface area contributed by atoms with E-state index in [2.05, 4.69) is 15.9 Å². The fourth-order valence-electron chi connectivity index (χ4n) is 1.16. The number of anilines is 1. The van der Waals surface area contributed by atoms with Gasteiger partial charge in [0.25, 0.3) is 0 Å². The average molecular weight is 241 g/mol. The summed E-state index contributed by atoms with van der Waals surface area (Å²) in [4.78, 5) is 0. The summed E-state index contributed by atoms with van der Waals surface area (Å²) in [6.07, 6.45) is 0.603. The summed E-state index contributed by atoms with van der Waals surface area (Å²) in [5, 5.41) is 18.3. The van der Waals surface area contributed by atoms with Crippen LogP contribution in [0.1, 0.15) is 18.1 Å². The topological polar surface area (TPSA) is 70.0 Å². The zero-order chi connectivity index (χ0) is 10.0. The zero-order valence-electron chi connectivity index (χ0n) is 7.13. The summed E-state index contributed by atoms with van der Waals surface area (Å²) in [5.74, 6) is 0.124. The number of hydrogen-bond acceptors (Lipinski definition) is 3. The van der Waals surface area contributed by atoms with Crippen LogP contribution in [0.4, 0.5) is 5.69 Å². The number of nitrogens with two attached hydrogens (primary N) is 1. The van der Waals surface area contributed by atoms with Crippen molar-refractivity contribution < 1.29 is 5.11 Å². The minimum Gasteiger partial charge on any atom is -0.506 e. The molecule has 0 heterocycles. The molecule has 0 bridgehead atoms. The van der Waals surface area contributed by atoms with Crippen LogP contribution in [0.3, 0.4) is 0 Å². The molecular weight excluding hydrogens is 232 g/mol. The SMILES string of the molecule is CCc1c(N)c(C#N)cc(Br)c1O. The molecule has 4 heteroatoms. The van der Waals surface area contributed by atoms with Crippen LogP contribution in [-0.4, -0.2) is 5.11 Å². The Morgan fingerprint density at radius 3 is 2.77 bits per heavy atom. The van der Waals surface area contributed by atoms with Crippen LogP contribution in [0, 0.1) is 11.3 Å². The Hall–Kier alpha value is -1.21. The highest BCUT2D eigenvalue weighted by Gasteiger charge is 2.12.